The lowest BCUT2D eigenvalue weighted by Crippen LogP contribution is -2.22. The van der Waals surface area contributed by atoms with Crippen LogP contribution in [0.3, 0.4) is 0 Å². The van der Waals surface area contributed by atoms with Gasteiger partial charge in [-0.05, 0) is 37.3 Å². The number of carbonyl (C=O) groups is 2. The van der Waals surface area contributed by atoms with Gasteiger partial charge in [0.05, 0.1) is 10.8 Å². The Balaban J connectivity index is 2.00. The number of hydrogen-bond donors (Lipinski definition) is 2. The number of nitrogens with one attached hydrogen (secondary N) is 1. The number of rotatable bonds is 5. The number of anilines is 1. The third-order valence-electron chi connectivity index (χ3n) is 2.80. The second kappa shape index (κ2) is 6.95. The van der Waals surface area contributed by atoms with Crippen molar-refractivity contribution in [2.75, 3.05) is 5.32 Å². The van der Waals surface area contributed by atoms with Gasteiger partial charge in [-0.25, -0.2) is 4.79 Å². The molecule has 0 bridgehead atoms. The Morgan fingerprint density at radius 1 is 1.10 bits per heavy atom. The monoisotopic (exact) mass is 301 g/mol. The maximum atomic E-state index is 12.1. The predicted molar refractivity (Wildman–Crippen MR) is 83.8 cm³/mol. The second-order valence-electron chi connectivity index (χ2n) is 4.45. The summed E-state index contributed by atoms with van der Waals surface area (Å²) in [6.45, 7) is 1.79. The van der Waals surface area contributed by atoms with Gasteiger partial charge in [0.25, 0.3) is 0 Å². The fourth-order valence-corrected chi connectivity index (χ4v) is 2.65. The molecule has 0 heterocycles. The Morgan fingerprint density at radius 3 is 2.48 bits per heavy atom. The highest BCUT2D eigenvalue weighted by Crippen LogP contribution is 2.25. The third-order valence-corrected chi connectivity index (χ3v) is 3.90. The first-order valence-electron chi connectivity index (χ1n) is 6.42. The Hall–Kier alpha value is -2.27. The van der Waals surface area contributed by atoms with Crippen LogP contribution in [0.5, 0.6) is 0 Å². The molecule has 0 fully saturated rings. The molecule has 0 aliphatic heterocycles. The fourth-order valence-electron chi connectivity index (χ4n) is 1.73. The molecular weight excluding hydrogens is 286 g/mol. The lowest BCUT2D eigenvalue weighted by atomic mass is 10.2. The molecule has 2 rings (SSSR count). The van der Waals surface area contributed by atoms with Crippen LogP contribution in [0.15, 0.2) is 59.5 Å². The van der Waals surface area contributed by atoms with E-state index in [1.54, 1.807) is 25.1 Å². The van der Waals surface area contributed by atoms with Crippen LogP contribution in [0, 0.1) is 0 Å². The van der Waals surface area contributed by atoms with Crippen molar-refractivity contribution < 1.29 is 14.7 Å². The van der Waals surface area contributed by atoms with E-state index in [2.05, 4.69) is 5.32 Å². The summed E-state index contributed by atoms with van der Waals surface area (Å²) in [7, 11) is 0. The number of aromatic carboxylic acids is 1. The number of carbonyl (C=O) groups excluding carboxylic acids is 1. The largest absolute Gasteiger partial charge is 0.478 e. The van der Waals surface area contributed by atoms with E-state index in [0.29, 0.717) is 0 Å². The topological polar surface area (TPSA) is 66.4 Å². The molecule has 2 N–H and O–H groups in total. The van der Waals surface area contributed by atoms with E-state index in [4.69, 9.17) is 5.11 Å². The van der Waals surface area contributed by atoms with Crippen molar-refractivity contribution >= 4 is 29.3 Å². The molecule has 108 valence electrons. The molecule has 0 saturated carbocycles. The minimum Gasteiger partial charge on any atom is -0.478 e. The second-order valence-corrected chi connectivity index (χ2v) is 5.86. The molecular formula is C16H15NO3S. The van der Waals surface area contributed by atoms with Gasteiger partial charge in [0.2, 0.25) is 5.91 Å². The molecule has 0 saturated heterocycles. The highest BCUT2D eigenvalue weighted by Gasteiger charge is 2.15. The van der Waals surface area contributed by atoms with Gasteiger partial charge >= 0.3 is 5.97 Å². The van der Waals surface area contributed by atoms with Gasteiger partial charge < -0.3 is 10.4 Å². The standard InChI is InChI=1S/C16H15NO3S/c1-11(15(18)17-13-7-3-2-4-8-13)21-14-9-5-6-12(10-14)16(19)20/h2-11H,1H3,(H,17,18)(H,19,20). The van der Waals surface area contributed by atoms with Crippen molar-refractivity contribution in [1.82, 2.24) is 0 Å². The lowest BCUT2D eigenvalue weighted by molar-refractivity contribution is -0.115. The minimum absolute atomic E-state index is 0.119. The summed E-state index contributed by atoms with van der Waals surface area (Å²) in [4.78, 5) is 23.8. The van der Waals surface area contributed by atoms with E-state index >= 15 is 0 Å². The zero-order chi connectivity index (χ0) is 15.2. The van der Waals surface area contributed by atoms with Crippen molar-refractivity contribution in [3.8, 4) is 0 Å². The molecule has 2 aromatic rings. The van der Waals surface area contributed by atoms with Gasteiger partial charge in [-0.15, -0.1) is 11.8 Å². The molecule has 0 aromatic heterocycles. The quantitative estimate of drug-likeness (QED) is 0.829. The van der Waals surface area contributed by atoms with Crippen molar-refractivity contribution in [2.24, 2.45) is 0 Å². The van der Waals surface area contributed by atoms with E-state index in [-0.39, 0.29) is 16.7 Å². The molecule has 0 spiro atoms. The SMILES string of the molecule is CC(Sc1cccc(C(=O)O)c1)C(=O)Nc1ccccc1. The first kappa shape index (κ1) is 15.1. The molecule has 1 unspecified atom stereocenters. The summed E-state index contributed by atoms with van der Waals surface area (Å²) in [6.07, 6.45) is 0. The Kier molecular flexibility index (Phi) is 5.00. The number of carboxylic acid groups (broad SMARTS) is 1. The van der Waals surface area contributed by atoms with Gasteiger partial charge in [0.1, 0.15) is 0 Å². The van der Waals surface area contributed by atoms with Crippen molar-refractivity contribution in [1.29, 1.82) is 0 Å². The average molecular weight is 301 g/mol. The average Bonchev–Trinajstić information content (AvgIpc) is 2.48. The summed E-state index contributed by atoms with van der Waals surface area (Å²) in [5, 5.41) is 11.5. The van der Waals surface area contributed by atoms with Crippen molar-refractivity contribution in [3.63, 3.8) is 0 Å². The molecule has 1 amide bonds. The smallest absolute Gasteiger partial charge is 0.335 e. The van der Waals surface area contributed by atoms with Crippen LogP contribution < -0.4 is 5.32 Å². The van der Waals surface area contributed by atoms with Gasteiger partial charge in [-0.2, -0.15) is 0 Å². The number of benzene rings is 2. The zero-order valence-electron chi connectivity index (χ0n) is 11.4. The summed E-state index contributed by atoms with van der Waals surface area (Å²) in [6, 6.07) is 15.8. The number of para-hydroxylation sites is 1. The highest BCUT2D eigenvalue weighted by atomic mass is 32.2. The molecule has 5 heteroatoms. The molecule has 2 aromatic carbocycles. The number of thioether (sulfide) groups is 1. The first-order chi connectivity index (χ1) is 10.1. The van der Waals surface area contributed by atoms with Crippen LogP contribution in [0.4, 0.5) is 5.69 Å². The summed E-state index contributed by atoms with van der Waals surface area (Å²) in [5.74, 6) is -1.09. The van der Waals surface area contributed by atoms with Crippen LogP contribution in [-0.2, 0) is 4.79 Å². The van der Waals surface area contributed by atoms with Gasteiger partial charge in [0, 0.05) is 10.6 Å². The van der Waals surface area contributed by atoms with Crippen LogP contribution in [0.1, 0.15) is 17.3 Å². The van der Waals surface area contributed by atoms with Gasteiger partial charge in [0.15, 0.2) is 0 Å². The first-order valence-corrected chi connectivity index (χ1v) is 7.30. The number of hydrogen-bond acceptors (Lipinski definition) is 3. The number of amides is 1. The number of carboxylic acids is 1. The molecule has 0 aliphatic carbocycles. The normalized spacial score (nSPS) is 11.7. The van der Waals surface area contributed by atoms with Gasteiger partial charge in [-0.1, -0.05) is 24.3 Å². The maximum Gasteiger partial charge on any atom is 0.335 e. The maximum absolute atomic E-state index is 12.1. The van der Waals surface area contributed by atoms with Crippen LogP contribution in [-0.4, -0.2) is 22.2 Å². The Bertz CT molecular complexity index is 643. The molecule has 0 radical (unpaired) electrons. The summed E-state index contributed by atoms with van der Waals surface area (Å²) < 4.78 is 0. The van der Waals surface area contributed by atoms with Crippen LogP contribution >= 0.6 is 11.8 Å². The van der Waals surface area contributed by atoms with E-state index in [1.807, 2.05) is 30.3 Å². The Morgan fingerprint density at radius 2 is 1.81 bits per heavy atom. The third kappa shape index (κ3) is 4.36. The van der Waals surface area contributed by atoms with Crippen molar-refractivity contribution in [2.45, 2.75) is 17.1 Å². The predicted octanol–water partition coefficient (Wildman–Crippen LogP) is 3.50. The summed E-state index contributed by atoms with van der Waals surface area (Å²) >= 11 is 1.33. The highest BCUT2D eigenvalue weighted by molar-refractivity contribution is 8.00. The fraction of sp³-hybridized carbons (Fsp3) is 0.125. The van der Waals surface area contributed by atoms with E-state index in [9.17, 15) is 9.59 Å². The van der Waals surface area contributed by atoms with E-state index < -0.39 is 5.97 Å². The molecule has 0 aliphatic rings. The van der Waals surface area contributed by atoms with Crippen LogP contribution in [0.2, 0.25) is 0 Å². The molecule has 4 nitrogen and oxygen atoms in total. The zero-order valence-corrected chi connectivity index (χ0v) is 12.3. The van der Waals surface area contributed by atoms with Gasteiger partial charge in [-0.3, -0.25) is 4.79 Å². The van der Waals surface area contributed by atoms with Crippen molar-refractivity contribution in [3.05, 3.63) is 60.2 Å². The molecule has 1 atom stereocenters. The molecule has 21 heavy (non-hydrogen) atoms. The summed E-state index contributed by atoms with van der Waals surface area (Å²) in [5.41, 5.74) is 0.963. The lowest BCUT2D eigenvalue weighted by Gasteiger charge is -2.12. The van der Waals surface area contributed by atoms with Crippen LogP contribution in [0.25, 0.3) is 0 Å². The Labute approximate surface area is 127 Å². The van der Waals surface area contributed by atoms with E-state index in [1.165, 1.54) is 17.8 Å². The minimum atomic E-state index is -0.973. The van der Waals surface area contributed by atoms with E-state index in [0.717, 1.165) is 10.6 Å².